The van der Waals surface area contributed by atoms with E-state index >= 15 is 0 Å². The first-order valence-corrected chi connectivity index (χ1v) is 11.3. The van der Waals surface area contributed by atoms with E-state index in [1.54, 1.807) is 38.6 Å². The Morgan fingerprint density at radius 3 is 2.26 bits per heavy atom. The second kappa shape index (κ2) is 10.9. The lowest BCUT2D eigenvalue weighted by Crippen LogP contribution is -2.26. The number of rotatable bonds is 11. The standard InChI is InChI=1S/C23H26N2O5S/c1-18(20-5-7-22(8-6-20)30-17-19-4-3-13-24-16-19)25-31(26,27)23-11-9-21(10-12-23)29-15-14-28-2/h3-13,16,18,25H,14-15,17H2,1-2H3. The van der Waals surface area contributed by atoms with Gasteiger partial charge in [0.2, 0.25) is 10.0 Å². The predicted molar refractivity (Wildman–Crippen MR) is 118 cm³/mol. The summed E-state index contributed by atoms with van der Waals surface area (Å²) in [5.41, 5.74) is 1.81. The Balaban J connectivity index is 1.57. The lowest BCUT2D eigenvalue weighted by atomic mass is 10.1. The molecule has 1 atom stereocenters. The van der Waals surface area contributed by atoms with E-state index in [2.05, 4.69) is 9.71 Å². The highest BCUT2D eigenvalue weighted by molar-refractivity contribution is 7.89. The minimum Gasteiger partial charge on any atom is -0.491 e. The molecule has 0 aliphatic rings. The van der Waals surface area contributed by atoms with Gasteiger partial charge in [-0.1, -0.05) is 18.2 Å². The molecule has 1 heterocycles. The summed E-state index contributed by atoms with van der Waals surface area (Å²) in [7, 11) is -2.08. The maximum Gasteiger partial charge on any atom is 0.241 e. The van der Waals surface area contributed by atoms with Crippen molar-refractivity contribution in [1.82, 2.24) is 9.71 Å². The van der Waals surface area contributed by atoms with Gasteiger partial charge in [0.15, 0.2) is 0 Å². The average Bonchev–Trinajstić information content (AvgIpc) is 2.79. The fourth-order valence-electron chi connectivity index (χ4n) is 2.83. The molecule has 8 heteroatoms. The number of hydrogen-bond acceptors (Lipinski definition) is 6. The van der Waals surface area contributed by atoms with Crippen LogP contribution >= 0.6 is 0 Å². The van der Waals surface area contributed by atoms with Crippen molar-refractivity contribution < 1.29 is 22.6 Å². The molecule has 3 aromatic rings. The molecule has 0 spiro atoms. The van der Waals surface area contributed by atoms with E-state index in [1.165, 1.54) is 12.1 Å². The monoisotopic (exact) mass is 442 g/mol. The molecule has 7 nitrogen and oxygen atoms in total. The average molecular weight is 443 g/mol. The molecule has 0 radical (unpaired) electrons. The molecule has 1 aromatic heterocycles. The van der Waals surface area contributed by atoms with Crippen LogP contribution in [0, 0.1) is 0 Å². The summed E-state index contributed by atoms with van der Waals surface area (Å²) in [6, 6.07) is 17.0. The Labute approximate surface area is 183 Å². The van der Waals surface area contributed by atoms with Gasteiger partial charge in [-0.15, -0.1) is 0 Å². The Morgan fingerprint density at radius 1 is 0.935 bits per heavy atom. The van der Waals surface area contributed by atoms with Crippen LogP contribution in [0.4, 0.5) is 0 Å². The predicted octanol–water partition coefficient (Wildman–Crippen LogP) is 3.73. The quantitative estimate of drug-likeness (QED) is 0.456. The van der Waals surface area contributed by atoms with Crippen molar-refractivity contribution in [1.29, 1.82) is 0 Å². The normalized spacial score (nSPS) is 12.3. The van der Waals surface area contributed by atoms with Gasteiger partial charge < -0.3 is 14.2 Å². The molecule has 0 saturated carbocycles. The van der Waals surface area contributed by atoms with E-state index in [4.69, 9.17) is 14.2 Å². The van der Waals surface area contributed by atoms with Crippen molar-refractivity contribution in [2.24, 2.45) is 0 Å². The minimum atomic E-state index is -3.67. The number of hydrogen-bond donors (Lipinski definition) is 1. The Morgan fingerprint density at radius 2 is 1.61 bits per heavy atom. The minimum absolute atomic E-state index is 0.176. The molecule has 1 N–H and O–H groups in total. The number of pyridine rings is 1. The van der Waals surface area contributed by atoms with Gasteiger partial charge in [-0.2, -0.15) is 0 Å². The highest BCUT2D eigenvalue weighted by Crippen LogP contribution is 2.22. The first-order chi connectivity index (χ1) is 15.0. The number of nitrogens with zero attached hydrogens (tertiary/aromatic N) is 1. The smallest absolute Gasteiger partial charge is 0.241 e. The van der Waals surface area contributed by atoms with Crippen molar-refractivity contribution in [3.05, 3.63) is 84.2 Å². The Hall–Kier alpha value is -2.94. The molecule has 0 amide bonds. The van der Waals surface area contributed by atoms with Crippen LogP contribution in [0.1, 0.15) is 24.1 Å². The molecule has 0 aliphatic heterocycles. The van der Waals surface area contributed by atoms with Crippen molar-refractivity contribution in [2.75, 3.05) is 20.3 Å². The zero-order valence-corrected chi connectivity index (χ0v) is 18.3. The second-order valence-electron chi connectivity index (χ2n) is 6.87. The summed E-state index contributed by atoms with van der Waals surface area (Å²) in [4.78, 5) is 4.23. The number of benzene rings is 2. The molecule has 0 aliphatic carbocycles. The molecule has 3 rings (SSSR count). The van der Waals surface area contributed by atoms with Gasteiger partial charge in [-0.25, -0.2) is 13.1 Å². The van der Waals surface area contributed by atoms with Gasteiger partial charge >= 0.3 is 0 Å². The largest absolute Gasteiger partial charge is 0.491 e. The van der Waals surface area contributed by atoms with Crippen LogP contribution in [0.25, 0.3) is 0 Å². The van der Waals surface area contributed by atoms with Crippen LogP contribution in [0.2, 0.25) is 0 Å². The first kappa shape index (κ1) is 22.7. The molecule has 0 fully saturated rings. The van der Waals surface area contributed by atoms with Crippen molar-refractivity contribution in [2.45, 2.75) is 24.5 Å². The molecule has 0 bridgehead atoms. The van der Waals surface area contributed by atoms with Crippen LogP contribution < -0.4 is 14.2 Å². The van der Waals surface area contributed by atoms with Crippen molar-refractivity contribution in [3.8, 4) is 11.5 Å². The lowest BCUT2D eigenvalue weighted by Gasteiger charge is -2.16. The van der Waals surface area contributed by atoms with E-state index in [-0.39, 0.29) is 4.90 Å². The van der Waals surface area contributed by atoms with E-state index in [1.807, 2.05) is 36.4 Å². The SMILES string of the molecule is COCCOc1ccc(S(=O)(=O)NC(C)c2ccc(OCc3cccnc3)cc2)cc1. The van der Waals surface area contributed by atoms with E-state index in [0.29, 0.717) is 31.3 Å². The van der Waals surface area contributed by atoms with Crippen molar-refractivity contribution in [3.63, 3.8) is 0 Å². The van der Waals surface area contributed by atoms with Gasteiger partial charge in [0, 0.05) is 31.1 Å². The molecule has 31 heavy (non-hydrogen) atoms. The third-order valence-corrected chi connectivity index (χ3v) is 6.09. The maximum atomic E-state index is 12.7. The zero-order chi connectivity index (χ0) is 22.1. The van der Waals surface area contributed by atoms with Gasteiger partial charge in [-0.3, -0.25) is 4.98 Å². The van der Waals surface area contributed by atoms with E-state index < -0.39 is 16.1 Å². The maximum absolute atomic E-state index is 12.7. The number of methoxy groups -OCH3 is 1. The van der Waals surface area contributed by atoms with Crippen LogP contribution in [0.5, 0.6) is 11.5 Å². The fourth-order valence-corrected chi connectivity index (χ4v) is 4.06. The van der Waals surface area contributed by atoms with Gasteiger partial charge in [-0.05, 0) is 55.0 Å². The van der Waals surface area contributed by atoms with Crippen LogP contribution in [-0.2, 0) is 21.4 Å². The molecule has 2 aromatic carbocycles. The number of ether oxygens (including phenoxy) is 3. The summed E-state index contributed by atoms with van der Waals surface area (Å²) in [6.07, 6.45) is 3.47. The van der Waals surface area contributed by atoms with Crippen LogP contribution in [0.3, 0.4) is 0 Å². The molecular formula is C23H26N2O5S. The number of nitrogens with one attached hydrogen (secondary N) is 1. The highest BCUT2D eigenvalue weighted by Gasteiger charge is 2.18. The molecule has 1 unspecified atom stereocenters. The first-order valence-electron chi connectivity index (χ1n) is 9.84. The number of sulfonamides is 1. The third kappa shape index (κ3) is 6.78. The summed E-state index contributed by atoms with van der Waals surface area (Å²) in [6.45, 7) is 3.08. The highest BCUT2D eigenvalue weighted by atomic mass is 32.2. The van der Waals surface area contributed by atoms with E-state index in [9.17, 15) is 8.42 Å². The molecular weight excluding hydrogens is 416 g/mol. The topological polar surface area (TPSA) is 86.8 Å². The van der Waals surface area contributed by atoms with Gasteiger partial charge in [0.05, 0.1) is 11.5 Å². The fraction of sp³-hybridized carbons (Fsp3) is 0.261. The second-order valence-corrected chi connectivity index (χ2v) is 8.59. The molecule has 164 valence electrons. The Kier molecular flexibility index (Phi) is 8.00. The Bertz CT molecular complexity index is 1040. The van der Waals surface area contributed by atoms with Crippen LogP contribution in [-0.4, -0.2) is 33.7 Å². The van der Waals surface area contributed by atoms with Crippen molar-refractivity contribution >= 4 is 10.0 Å². The zero-order valence-electron chi connectivity index (χ0n) is 17.5. The van der Waals surface area contributed by atoms with Crippen LogP contribution in [0.15, 0.2) is 78.0 Å². The van der Waals surface area contributed by atoms with Gasteiger partial charge in [0.25, 0.3) is 0 Å². The van der Waals surface area contributed by atoms with E-state index in [0.717, 1.165) is 11.1 Å². The number of aromatic nitrogens is 1. The summed E-state index contributed by atoms with van der Waals surface area (Å²) in [5, 5.41) is 0. The summed E-state index contributed by atoms with van der Waals surface area (Å²) in [5.74, 6) is 1.29. The molecule has 0 saturated heterocycles. The summed E-state index contributed by atoms with van der Waals surface area (Å²) < 4.78 is 44.3. The lowest BCUT2D eigenvalue weighted by molar-refractivity contribution is 0.146. The third-order valence-electron chi connectivity index (χ3n) is 4.53. The van der Waals surface area contributed by atoms with Gasteiger partial charge in [0.1, 0.15) is 24.7 Å². The summed E-state index contributed by atoms with van der Waals surface area (Å²) >= 11 is 0.